The summed E-state index contributed by atoms with van der Waals surface area (Å²) >= 11 is 0. The van der Waals surface area contributed by atoms with Crippen LogP contribution in [0, 0.1) is 12.7 Å². The van der Waals surface area contributed by atoms with Gasteiger partial charge in [-0.3, -0.25) is 4.79 Å². The van der Waals surface area contributed by atoms with Gasteiger partial charge in [-0.05, 0) is 89.7 Å². The predicted molar refractivity (Wildman–Crippen MR) is 131 cm³/mol. The minimum atomic E-state index is -0.333. The van der Waals surface area contributed by atoms with E-state index in [0.717, 1.165) is 50.5 Å². The van der Waals surface area contributed by atoms with Crippen molar-refractivity contribution in [2.24, 2.45) is 0 Å². The van der Waals surface area contributed by atoms with Gasteiger partial charge in [0.2, 0.25) is 5.91 Å². The quantitative estimate of drug-likeness (QED) is 0.425. The van der Waals surface area contributed by atoms with E-state index in [1.807, 2.05) is 38.1 Å². The first-order valence-corrected chi connectivity index (χ1v) is 11.0. The summed E-state index contributed by atoms with van der Waals surface area (Å²) in [4.78, 5) is 14.7. The highest BCUT2D eigenvalue weighted by Crippen LogP contribution is 2.44. The highest BCUT2D eigenvalue weighted by Gasteiger charge is 2.27. The molecule has 0 N–H and O–H groups in total. The number of hydrogen-bond donors (Lipinski definition) is 0. The first-order chi connectivity index (χ1) is 16.3. The molecule has 1 aliphatic rings. The van der Waals surface area contributed by atoms with Gasteiger partial charge in [0.15, 0.2) is 0 Å². The molecule has 176 valence electrons. The number of fused-ring (bicyclic) bond motifs is 1. The van der Waals surface area contributed by atoms with Crippen LogP contribution in [0.25, 0.3) is 17.2 Å². The number of methoxy groups -OCH3 is 2. The molecule has 0 fully saturated rings. The number of allylic oxidation sites excluding steroid dienone is 2. The van der Waals surface area contributed by atoms with Crippen molar-refractivity contribution in [3.8, 4) is 11.5 Å². The second-order valence-corrected chi connectivity index (χ2v) is 8.41. The van der Waals surface area contributed by atoms with Crippen molar-refractivity contribution in [2.45, 2.75) is 26.8 Å². The maximum Gasteiger partial charge on any atom is 0.227 e. The van der Waals surface area contributed by atoms with Crippen molar-refractivity contribution in [3.63, 3.8) is 0 Å². The summed E-state index contributed by atoms with van der Waals surface area (Å²) < 4.78 is 30.6. The molecule has 0 atom stereocenters. The summed E-state index contributed by atoms with van der Waals surface area (Å²) in [6, 6.07) is 12.2. The lowest BCUT2D eigenvalue weighted by molar-refractivity contribution is -0.129. The average molecular weight is 462 g/mol. The van der Waals surface area contributed by atoms with E-state index in [1.54, 1.807) is 44.6 Å². The Morgan fingerprint density at radius 3 is 2.38 bits per heavy atom. The fourth-order valence-electron chi connectivity index (χ4n) is 4.35. The van der Waals surface area contributed by atoms with Crippen LogP contribution in [0.4, 0.5) is 4.39 Å². The zero-order valence-electron chi connectivity index (χ0n) is 20.1. The predicted octanol–water partition coefficient (Wildman–Crippen LogP) is 6.12. The minimum Gasteiger partial charge on any atom is -0.496 e. The van der Waals surface area contributed by atoms with Crippen molar-refractivity contribution in [1.29, 1.82) is 0 Å². The van der Waals surface area contributed by atoms with Crippen molar-refractivity contribution < 1.29 is 23.1 Å². The van der Waals surface area contributed by atoms with Crippen LogP contribution in [0.1, 0.15) is 41.4 Å². The average Bonchev–Trinajstić information content (AvgIpc) is 3.42. The number of furan rings is 1. The van der Waals surface area contributed by atoms with Crippen LogP contribution in [0.15, 0.2) is 58.7 Å². The molecular weight excluding hydrogens is 433 g/mol. The molecule has 34 heavy (non-hydrogen) atoms. The number of halogens is 1. The van der Waals surface area contributed by atoms with Gasteiger partial charge in [-0.25, -0.2) is 4.39 Å². The van der Waals surface area contributed by atoms with E-state index >= 15 is 0 Å². The van der Waals surface area contributed by atoms with Gasteiger partial charge >= 0.3 is 0 Å². The molecule has 0 bridgehead atoms. The fourth-order valence-corrected chi connectivity index (χ4v) is 4.35. The summed E-state index contributed by atoms with van der Waals surface area (Å²) in [5.41, 5.74) is 6.16. The second kappa shape index (κ2) is 9.59. The molecule has 4 rings (SSSR count). The Bertz CT molecular complexity index is 1260. The molecule has 2 aromatic carbocycles. The van der Waals surface area contributed by atoms with Gasteiger partial charge in [0, 0.05) is 12.6 Å². The fraction of sp³-hybridized carbons (Fsp3) is 0.250. The van der Waals surface area contributed by atoms with E-state index in [1.165, 1.54) is 12.1 Å². The largest absolute Gasteiger partial charge is 0.496 e. The first kappa shape index (κ1) is 23.4. The summed E-state index contributed by atoms with van der Waals surface area (Å²) in [7, 11) is 4.99. The van der Waals surface area contributed by atoms with Crippen molar-refractivity contribution in [1.82, 2.24) is 4.90 Å². The molecule has 0 unspecified atom stereocenters. The topological polar surface area (TPSA) is 51.9 Å². The van der Waals surface area contributed by atoms with E-state index in [2.05, 4.69) is 0 Å². The zero-order chi connectivity index (χ0) is 24.4. The summed E-state index contributed by atoms with van der Waals surface area (Å²) in [5.74, 6) is 1.75. The van der Waals surface area contributed by atoms with Crippen molar-refractivity contribution in [2.75, 3.05) is 21.3 Å². The third-order valence-corrected chi connectivity index (χ3v) is 6.27. The molecule has 0 radical (unpaired) electrons. The smallest absolute Gasteiger partial charge is 0.227 e. The molecule has 1 heterocycles. The lowest BCUT2D eigenvalue weighted by Gasteiger charge is -2.17. The Morgan fingerprint density at radius 1 is 1.06 bits per heavy atom. The van der Waals surface area contributed by atoms with Gasteiger partial charge in [-0.2, -0.15) is 0 Å². The van der Waals surface area contributed by atoms with Crippen LogP contribution in [0.2, 0.25) is 0 Å². The third-order valence-electron chi connectivity index (χ3n) is 6.27. The maximum atomic E-state index is 14.2. The Kier molecular flexibility index (Phi) is 6.59. The Hall–Kier alpha value is -3.80. The highest BCUT2D eigenvalue weighted by atomic mass is 19.1. The number of amides is 1. The molecular formula is C28H28FNO4. The highest BCUT2D eigenvalue weighted by molar-refractivity contribution is 6.08. The van der Waals surface area contributed by atoms with Gasteiger partial charge in [0.05, 0.1) is 33.4 Å². The number of rotatable bonds is 7. The number of carbonyl (C=O) groups is 1. The van der Waals surface area contributed by atoms with Gasteiger partial charge < -0.3 is 18.8 Å². The number of ether oxygens (including phenoxy) is 2. The van der Waals surface area contributed by atoms with Crippen molar-refractivity contribution in [3.05, 3.63) is 88.1 Å². The molecule has 5 nitrogen and oxygen atoms in total. The molecule has 0 saturated heterocycles. The standard InChI is InChI=1S/C28H28FNO4/c1-17-23(11-19-12-26(32-4)18(2)27(13-19)33-5)22-9-8-20(29)14-25(22)24(17)15-28(31)30(3)16-21-7-6-10-34-21/h6-14H,15-16H2,1-5H3. The number of nitrogens with zero attached hydrogens (tertiary/aromatic N) is 1. The monoisotopic (exact) mass is 461 g/mol. The second-order valence-electron chi connectivity index (χ2n) is 8.41. The Morgan fingerprint density at radius 2 is 1.76 bits per heavy atom. The third kappa shape index (κ3) is 4.49. The SMILES string of the molecule is COc1cc(C=C2C(C)=C(CC(=O)N(C)Cc3ccco3)c3cc(F)ccc32)cc(OC)c1C. The number of benzene rings is 2. The van der Waals surface area contributed by atoms with Crippen LogP contribution >= 0.6 is 0 Å². The lowest BCUT2D eigenvalue weighted by Crippen LogP contribution is -2.26. The van der Waals surface area contributed by atoms with E-state index in [9.17, 15) is 9.18 Å². The molecule has 0 aliphatic heterocycles. The van der Waals surface area contributed by atoms with Crippen LogP contribution in [-0.2, 0) is 11.3 Å². The summed E-state index contributed by atoms with van der Waals surface area (Å²) in [6.07, 6.45) is 3.78. The first-order valence-electron chi connectivity index (χ1n) is 11.0. The van der Waals surface area contributed by atoms with E-state index < -0.39 is 0 Å². The van der Waals surface area contributed by atoms with Gasteiger partial charge in [0.1, 0.15) is 23.1 Å². The molecule has 0 spiro atoms. The molecule has 1 aliphatic carbocycles. The molecule has 1 amide bonds. The molecule has 0 saturated carbocycles. The van der Waals surface area contributed by atoms with E-state index in [0.29, 0.717) is 12.3 Å². The maximum absolute atomic E-state index is 14.2. The molecule has 1 aromatic heterocycles. The van der Waals surface area contributed by atoms with E-state index in [-0.39, 0.29) is 18.1 Å². The van der Waals surface area contributed by atoms with Gasteiger partial charge in [-0.1, -0.05) is 6.07 Å². The number of carbonyl (C=O) groups excluding carboxylic acids is 1. The van der Waals surface area contributed by atoms with Crippen LogP contribution in [0.3, 0.4) is 0 Å². The normalized spacial score (nSPS) is 13.9. The summed E-state index contributed by atoms with van der Waals surface area (Å²) in [6.45, 7) is 4.29. The molecule has 3 aromatic rings. The van der Waals surface area contributed by atoms with Crippen LogP contribution in [-0.4, -0.2) is 32.1 Å². The number of hydrogen-bond acceptors (Lipinski definition) is 4. The van der Waals surface area contributed by atoms with Crippen molar-refractivity contribution >= 4 is 23.1 Å². The van der Waals surface area contributed by atoms with Gasteiger partial charge in [-0.15, -0.1) is 0 Å². The van der Waals surface area contributed by atoms with E-state index in [4.69, 9.17) is 13.9 Å². The molecule has 6 heteroatoms. The minimum absolute atomic E-state index is 0.0686. The zero-order valence-corrected chi connectivity index (χ0v) is 20.1. The van der Waals surface area contributed by atoms with Crippen LogP contribution in [0.5, 0.6) is 11.5 Å². The lowest BCUT2D eigenvalue weighted by atomic mass is 9.99. The summed E-state index contributed by atoms with van der Waals surface area (Å²) in [5, 5.41) is 0. The Balaban J connectivity index is 1.72. The Labute approximate surface area is 199 Å². The van der Waals surface area contributed by atoms with Gasteiger partial charge in [0.25, 0.3) is 0 Å². The van der Waals surface area contributed by atoms with Crippen LogP contribution < -0.4 is 9.47 Å².